The van der Waals surface area contributed by atoms with Gasteiger partial charge in [0.25, 0.3) is 0 Å². The molecule has 4 heteroatoms. The van der Waals surface area contributed by atoms with Crippen LogP contribution in [-0.4, -0.2) is 31.1 Å². The number of piperazine rings is 1. The molecule has 5 rings (SSSR count). The van der Waals surface area contributed by atoms with Crippen molar-refractivity contribution in [2.45, 2.75) is 13.3 Å². The average molecular weight is 400 g/mol. The van der Waals surface area contributed by atoms with E-state index in [2.05, 4.69) is 75.9 Å². The average Bonchev–Trinajstić information content (AvgIpc) is 2.76. The molecule has 0 unspecified atom stereocenters. The molecule has 0 radical (unpaired) electrons. The molecule has 0 aliphatic carbocycles. The van der Waals surface area contributed by atoms with Gasteiger partial charge < -0.3 is 9.80 Å². The predicted molar refractivity (Wildman–Crippen MR) is 122 cm³/mol. The van der Waals surface area contributed by atoms with Crippen LogP contribution in [-0.2, 0) is 6.42 Å². The summed E-state index contributed by atoms with van der Waals surface area (Å²) < 4.78 is 13.9. The van der Waals surface area contributed by atoms with Crippen LogP contribution in [0, 0.1) is 12.7 Å². The van der Waals surface area contributed by atoms with Crippen LogP contribution in [0.5, 0.6) is 0 Å². The van der Waals surface area contributed by atoms with Gasteiger partial charge in [-0.2, -0.15) is 0 Å². The first kappa shape index (κ1) is 18.7. The lowest BCUT2D eigenvalue weighted by atomic mass is 9.95. The predicted octanol–water partition coefficient (Wildman–Crippen LogP) is 5.47. The summed E-state index contributed by atoms with van der Waals surface area (Å²) in [6, 6.07) is 22.4. The number of hydrogen-bond acceptors (Lipinski definition) is 3. The molecule has 0 spiro atoms. The van der Waals surface area contributed by atoms with Crippen molar-refractivity contribution in [1.82, 2.24) is 4.90 Å². The lowest BCUT2D eigenvalue weighted by Crippen LogP contribution is -2.48. The van der Waals surface area contributed by atoms with Crippen LogP contribution in [0.2, 0.25) is 0 Å². The highest BCUT2D eigenvalue weighted by atomic mass is 19.1. The van der Waals surface area contributed by atoms with E-state index >= 15 is 0 Å². The highest BCUT2D eigenvalue weighted by Gasteiger charge is 2.28. The number of nitrogens with zero attached hydrogens (tertiary/aromatic N) is 3. The normalized spacial score (nSPS) is 15.6. The van der Waals surface area contributed by atoms with Crippen LogP contribution in [0.25, 0.3) is 0 Å². The van der Waals surface area contributed by atoms with Crippen LogP contribution in [0.15, 0.2) is 79.1 Å². The standard InChI is InChI=1S/C26H26FN3/c1-19-15-23(27)18-24(16-19)29-13-11-28(12-14-29)20(2)30-25-9-5-3-7-21(25)17-22-8-4-6-10-26(22)30/h3-10,15-16,18H,2,11-14,17H2,1H3. The maximum Gasteiger partial charge on any atom is 0.125 e. The van der Waals surface area contributed by atoms with Crippen LogP contribution < -0.4 is 9.80 Å². The molecular weight excluding hydrogens is 373 g/mol. The van der Waals surface area contributed by atoms with E-state index in [0.717, 1.165) is 49.7 Å². The van der Waals surface area contributed by atoms with E-state index in [0.29, 0.717) is 0 Å². The second kappa shape index (κ2) is 7.52. The summed E-state index contributed by atoms with van der Waals surface area (Å²) >= 11 is 0. The van der Waals surface area contributed by atoms with E-state index in [-0.39, 0.29) is 5.82 Å². The zero-order valence-corrected chi connectivity index (χ0v) is 17.3. The number of aryl methyl sites for hydroxylation is 1. The lowest BCUT2D eigenvalue weighted by molar-refractivity contribution is 0.318. The molecule has 2 aliphatic rings. The fourth-order valence-corrected chi connectivity index (χ4v) is 4.63. The van der Waals surface area contributed by atoms with E-state index in [1.54, 1.807) is 12.1 Å². The van der Waals surface area contributed by atoms with E-state index in [9.17, 15) is 4.39 Å². The van der Waals surface area contributed by atoms with Crippen molar-refractivity contribution in [2.75, 3.05) is 36.0 Å². The fourth-order valence-electron chi connectivity index (χ4n) is 4.63. The molecule has 0 saturated carbocycles. The van der Waals surface area contributed by atoms with Crippen LogP contribution in [0.1, 0.15) is 16.7 Å². The van der Waals surface area contributed by atoms with E-state index in [1.165, 1.54) is 22.5 Å². The number of fused-ring (bicyclic) bond motifs is 2. The van der Waals surface area contributed by atoms with Gasteiger partial charge in [-0.3, -0.25) is 4.90 Å². The third-order valence-electron chi connectivity index (χ3n) is 6.14. The zero-order valence-electron chi connectivity index (χ0n) is 17.3. The van der Waals surface area contributed by atoms with Crippen molar-refractivity contribution in [3.63, 3.8) is 0 Å². The Morgan fingerprint density at radius 1 is 0.833 bits per heavy atom. The van der Waals surface area contributed by atoms with Gasteiger partial charge in [-0.15, -0.1) is 0 Å². The Kier molecular flexibility index (Phi) is 4.70. The minimum absolute atomic E-state index is 0.168. The summed E-state index contributed by atoms with van der Waals surface area (Å²) in [4.78, 5) is 6.91. The monoisotopic (exact) mass is 399 g/mol. The Bertz CT molecular complexity index is 1030. The molecule has 0 N–H and O–H groups in total. The Morgan fingerprint density at radius 3 is 2.03 bits per heavy atom. The summed E-state index contributed by atoms with van der Waals surface area (Å²) in [6.45, 7) is 9.84. The highest BCUT2D eigenvalue weighted by Crippen LogP contribution is 2.41. The number of halogens is 1. The number of anilines is 3. The third-order valence-corrected chi connectivity index (χ3v) is 6.14. The van der Waals surface area contributed by atoms with Crippen LogP contribution in [0.4, 0.5) is 21.5 Å². The molecule has 1 fully saturated rings. The SMILES string of the molecule is C=C(N1CCN(c2cc(C)cc(F)c2)CC1)N1c2ccccc2Cc2ccccc21. The van der Waals surface area contributed by atoms with Gasteiger partial charge in [0, 0.05) is 38.3 Å². The number of para-hydroxylation sites is 2. The first-order valence-electron chi connectivity index (χ1n) is 10.5. The van der Waals surface area contributed by atoms with Crippen molar-refractivity contribution in [1.29, 1.82) is 0 Å². The molecule has 2 heterocycles. The Labute approximate surface area is 177 Å². The van der Waals surface area contributed by atoms with Crippen molar-refractivity contribution < 1.29 is 4.39 Å². The van der Waals surface area contributed by atoms with Gasteiger partial charge in [-0.05, 0) is 53.9 Å². The van der Waals surface area contributed by atoms with Crippen molar-refractivity contribution >= 4 is 17.1 Å². The third kappa shape index (κ3) is 3.32. The first-order chi connectivity index (χ1) is 14.6. The van der Waals surface area contributed by atoms with Gasteiger partial charge in [0.1, 0.15) is 11.6 Å². The Morgan fingerprint density at radius 2 is 1.43 bits per heavy atom. The summed E-state index contributed by atoms with van der Waals surface area (Å²) in [7, 11) is 0. The molecule has 152 valence electrons. The van der Waals surface area contributed by atoms with E-state index in [1.807, 2.05) is 6.92 Å². The second-order valence-electron chi connectivity index (χ2n) is 8.15. The molecule has 30 heavy (non-hydrogen) atoms. The van der Waals surface area contributed by atoms with Gasteiger partial charge in [-0.1, -0.05) is 43.0 Å². The Hall–Kier alpha value is -3.27. The van der Waals surface area contributed by atoms with Gasteiger partial charge >= 0.3 is 0 Å². The Balaban J connectivity index is 1.39. The maximum atomic E-state index is 13.9. The fraction of sp³-hybridized carbons (Fsp3) is 0.231. The molecule has 0 aromatic heterocycles. The molecule has 1 saturated heterocycles. The summed E-state index contributed by atoms with van der Waals surface area (Å²) in [5, 5.41) is 0. The second-order valence-corrected chi connectivity index (χ2v) is 8.15. The molecule has 3 aromatic rings. The highest BCUT2D eigenvalue weighted by molar-refractivity contribution is 5.77. The minimum atomic E-state index is -0.168. The summed E-state index contributed by atoms with van der Waals surface area (Å²) in [6.07, 6.45) is 0.947. The van der Waals surface area contributed by atoms with E-state index < -0.39 is 0 Å². The molecule has 3 nitrogen and oxygen atoms in total. The quantitative estimate of drug-likeness (QED) is 0.578. The molecule has 0 amide bonds. The van der Waals surface area contributed by atoms with Crippen molar-refractivity contribution in [3.8, 4) is 0 Å². The largest absolute Gasteiger partial charge is 0.368 e. The topological polar surface area (TPSA) is 9.72 Å². The smallest absolute Gasteiger partial charge is 0.125 e. The molecule has 2 aliphatic heterocycles. The maximum absolute atomic E-state index is 13.9. The van der Waals surface area contributed by atoms with Gasteiger partial charge in [-0.25, -0.2) is 4.39 Å². The van der Waals surface area contributed by atoms with Gasteiger partial charge in [0.2, 0.25) is 0 Å². The zero-order chi connectivity index (χ0) is 20.7. The summed E-state index contributed by atoms with van der Waals surface area (Å²) in [5.41, 5.74) is 7.00. The van der Waals surface area contributed by atoms with Crippen molar-refractivity contribution in [3.05, 3.63) is 102 Å². The van der Waals surface area contributed by atoms with Crippen LogP contribution >= 0.6 is 0 Å². The number of benzene rings is 3. The molecule has 3 aromatic carbocycles. The molecule has 0 atom stereocenters. The van der Waals surface area contributed by atoms with Gasteiger partial charge in [0.15, 0.2) is 0 Å². The van der Waals surface area contributed by atoms with Crippen molar-refractivity contribution in [2.24, 2.45) is 0 Å². The number of rotatable bonds is 3. The lowest BCUT2D eigenvalue weighted by Gasteiger charge is -2.43. The molecular formula is C26H26FN3. The minimum Gasteiger partial charge on any atom is -0.368 e. The number of hydrogen-bond donors (Lipinski definition) is 0. The van der Waals surface area contributed by atoms with E-state index in [4.69, 9.17) is 0 Å². The summed E-state index contributed by atoms with van der Waals surface area (Å²) in [5.74, 6) is 0.836. The van der Waals surface area contributed by atoms with Crippen LogP contribution in [0.3, 0.4) is 0 Å². The molecule has 0 bridgehead atoms. The van der Waals surface area contributed by atoms with Gasteiger partial charge in [0.05, 0.1) is 11.4 Å². The first-order valence-corrected chi connectivity index (χ1v) is 10.5.